The van der Waals surface area contributed by atoms with Crippen LogP contribution in [-0.2, 0) is 4.79 Å². The molecule has 1 saturated heterocycles. The highest BCUT2D eigenvalue weighted by atomic mass is 35.5. The van der Waals surface area contributed by atoms with Crippen LogP contribution >= 0.6 is 23.2 Å². The van der Waals surface area contributed by atoms with Crippen LogP contribution in [0, 0.1) is 0 Å². The second-order valence-electron chi connectivity index (χ2n) is 4.65. The lowest BCUT2D eigenvalue weighted by atomic mass is 10.2. The van der Waals surface area contributed by atoms with E-state index in [1.165, 1.54) is 0 Å². The van der Waals surface area contributed by atoms with Gasteiger partial charge < -0.3 is 14.5 Å². The number of amides is 1. The molecular weight excluding hydrogens is 318 g/mol. The molecule has 7 heteroatoms. The third kappa shape index (κ3) is 4.14. The first-order valence-corrected chi connectivity index (χ1v) is 7.64. The first-order chi connectivity index (χ1) is 10.2. The van der Waals surface area contributed by atoms with Gasteiger partial charge in [0, 0.05) is 37.9 Å². The Labute approximate surface area is 133 Å². The van der Waals surface area contributed by atoms with E-state index in [-0.39, 0.29) is 18.4 Å². The molecule has 0 bridgehead atoms. The fourth-order valence-electron chi connectivity index (χ4n) is 2.25. The third-order valence-corrected chi connectivity index (χ3v) is 3.90. The van der Waals surface area contributed by atoms with Gasteiger partial charge in [-0.05, 0) is 12.1 Å². The summed E-state index contributed by atoms with van der Waals surface area (Å²) >= 11 is 11.6. The van der Waals surface area contributed by atoms with Crippen molar-refractivity contribution in [1.82, 2.24) is 4.90 Å². The summed E-state index contributed by atoms with van der Waals surface area (Å²) in [7, 11) is 0. The Bertz CT molecular complexity index is 494. The molecule has 21 heavy (non-hydrogen) atoms. The molecule has 1 heterocycles. The Morgan fingerprint density at radius 1 is 1.29 bits per heavy atom. The molecule has 1 amide bonds. The number of hydrogen-bond acceptors (Lipinski definition) is 3. The first kappa shape index (κ1) is 16.2. The third-order valence-electron chi connectivity index (χ3n) is 3.36. The summed E-state index contributed by atoms with van der Waals surface area (Å²) in [6.07, 6.45) is 0. The van der Waals surface area contributed by atoms with Crippen molar-refractivity contribution < 1.29 is 13.9 Å². The molecule has 1 aliphatic heterocycles. The zero-order chi connectivity index (χ0) is 15.2. The topological polar surface area (TPSA) is 32.8 Å². The van der Waals surface area contributed by atoms with Crippen LogP contribution in [0.15, 0.2) is 18.2 Å². The minimum Gasteiger partial charge on any atom is -0.489 e. The van der Waals surface area contributed by atoms with Crippen LogP contribution in [0.5, 0.6) is 5.75 Å². The molecule has 0 aliphatic carbocycles. The largest absolute Gasteiger partial charge is 0.489 e. The molecule has 0 N–H and O–H groups in total. The fraction of sp³-hybridized carbons (Fsp3) is 0.500. The molecule has 1 aromatic carbocycles. The SMILES string of the molecule is O=C(CCl)N1CCN(c2ccc(Cl)c(OCCF)c2)CC1. The van der Waals surface area contributed by atoms with E-state index in [2.05, 4.69) is 4.90 Å². The molecule has 0 aromatic heterocycles. The van der Waals surface area contributed by atoms with Gasteiger partial charge in [-0.25, -0.2) is 4.39 Å². The van der Waals surface area contributed by atoms with Crippen LogP contribution in [0.25, 0.3) is 0 Å². The van der Waals surface area contributed by atoms with Crippen molar-refractivity contribution in [3.63, 3.8) is 0 Å². The molecule has 0 radical (unpaired) electrons. The fourth-order valence-corrected chi connectivity index (χ4v) is 2.59. The van der Waals surface area contributed by atoms with E-state index in [9.17, 15) is 9.18 Å². The lowest BCUT2D eigenvalue weighted by Gasteiger charge is -2.36. The van der Waals surface area contributed by atoms with Crippen molar-refractivity contribution in [3.8, 4) is 5.75 Å². The number of hydrogen-bond donors (Lipinski definition) is 0. The summed E-state index contributed by atoms with van der Waals surface area (Å²) in [6, 6.07) is 5.43. The summed E-state index contributed by atoms with van der Waals surface area (Å²) < 4.78 is 17.5. The molecule has 4 nitrogen and oxygen atoms in total. The number of benzene rings is 1. The van der Waals surface area contributed by atoms with Gasteiger partial charge in [-0.2, -0.15) is 0 Å². The monoisotopic (exact) mass is 334 g/mol. The molecule has 2 rings (SSSR count). The Balaban J connectivity index is 2.01. The summed E-state index contributed by atoms with van der Waals surface area (Å²) in [5.41, 5.74) is 0.950. The second kappa shape index (κ2) is 7.71. The van der Waals surface area contributed by atoms with Crippen LogP contribution in [0.2, 0.25) is 5.02 Å². The minimum atomic E-state index is -0.556. The number of piperazine rings is 1. The number of carbonyl (C=O) groups excluding carboxylic acids is 1. The normalized spacial score (nSPS) is 15.2. The van der Waals surface area contributed by atoms with Crippen LogP contribution in [0.1, 0.15) is 0 Å². The maximum Gasteiger partial charge on any atom is 0.237 e. The summed E-state index contributed by atoms with van der Waals surface area (Å²) in [6.45, 7) is 2.13. The summed E-state index contributed by atoms with van der Waals surface area (Å²) in [5, 5.41) is 0.461. The average molecular weight is 335 g/mol. The molecule has 0 saturated carbocycles. The van der Waals surface area contributed by atoms with E-state index < -0.39 is 6.67 Å². The summed E-state index contributed by atoms with van der Waals surface area (Å²) in [4.78, 5) is 15.4. The second-order valence-corrected chi connectivity index (χ2v) is 5.33. The first-order valence-electron chi connectivity index (χ1n) is 6.72. The number of ether oxygens (including phenoxy) is 1. The quantitative estimate of drug-likeness (QED) is 0.776. The predicted octanol–water partition coefficient (Wildman–Crippen LogP) is 2.58. The lowest BCUT2D eigenvalue weighted by molar-refractivity contribution is -0.128. The zero-order valence-electron chi connectivity index (χ0n) is 11.5. The summed E-state index contributed by atoms with van der Waals surface area (Å²) in [5.74, 6) is 0.452. The Morgan fingerprint density at radius 3 is 2.62 bits per heavy atom. The smallest absolute Gasteiger partial charge is 0.237 e. The number of anilines is 1. The highest BCUT2D eigenvalue weighted by Gasteiger charge is 2.21. The highest BCUT2D eigenvalue weighted by Crippen LogP contribution is 2.30. The average Bonchev–Trinajstić information content (AvgIpc) is 2.53. The van der Waals surface area contributed by atoms with E-state index in [4.69, 9.17) is 27.9 Å². The van der Waals surface area contributed by atoms with Gasteiger partial charge >= 0.3 is 0 Å². The van der Waals surface area contributed by atoms with E-state index in [1.54, 1.807) is 17.0 Å². The van der Waals surface area contributed by atoms with Gasteiger partial charge in [-0.3, -0.25) is 4.79 Å². The molecule has 1 aromatic rings. The van der Waals surface area contributed by atoms with E-state index in [1.807, 2.05) is 6.07 Å². The van der Waals surface area contributed by atoms with Gasteiger partial charge in [0.1, 0.15) is 24.9 Å². The minimum absolute atomic E-state index is 0.0127. The van der Waals surface area contributed by atoms with Gasteiger partial charge in [-0.1, -0.05) is 11.6 Å². The molecule has 116 valence electrons. The van der Waals surface area contributed by atoms with Crippen molar-refractivity contribution in [2.45, 2.75) is 0 Å². The van der Waals surface area contributed by atoms with E-state index >= 15 is 0 Å². The lowest BCUT2D eigenvalue weighted by Crippen LogP contribution is -2.49. The van der Waals surface area contributed by atoms with Gasteiger partial charge in [0.25, 0.3) is 0 Å². The van der Waals surface area contributed by atoms with E-state index in [0.29, 0.717) is 37.0 Å². The Hall–Kier alpha value is -1.20. The van der Waals surface area contributed by atoms with Crippen LogP contribution < -0.4 is 9.64 Å². The molecule has 0 spiro atoms. The maximum absolute atomic E-state index is 12.2. The van der Waals surface area contributed by atoms with Gasteiger partial charge in [-0.15, -0.1) is 11.6 Å². The van der Waals surface area contributed by atoms with E-state index in [0.717, 1.165) is 5.69 Å². The van der Waals surface area contributed by atoms with Crippen LogP contribution in [0.4, 0.5) is 10.1 Å². The molecule has 0 atom stereocenters. The predicted molar refractivity (Wildman–Crippen MR) is 82.4 cm³/mol. The molecule has 0 unspecified atom stereocenters. The number of halogens is 3. The van der Waals surface area contributed by atoms with Crippen molar-refractivity contribution in [1.29, 1.82) is 0 Å². The maximum atomic E-state index is 12.2. The van der Waals surface area contributed by atoms with Gasteiger partial charge in [0.2, 0.25) is 5.91 Å². The highest BCUT2D eigenvalue weighted by molar-refractivity contribution is 6.32. The van der Waals surface area contributed by atoms with Crippen LogP contribution in [0.3, 0.4) is 0 Å². The number of rotatable bonds is 5. The molecular formula is C14H17Cl2FN2O2. The number of carbonyl (C=O) groups is 1. The Kier molecular flexibility index (Phi) is 5.94. The van der Waals surface area contributed by atoms with Crippen molar-refractivity contribution >= 4 is 34.8 Å². The van der Waals surface area contributed by atoms with Gasteiger partial charge in [0.05, 0.1) is 5.02 Å². The zero-order valence-corrected chi connectivity index (χ0v) is 13.0. The van der Waals surface area contributed by atoms with Gasteiger partial charge in [0.15, 0.2) is 0 Å². The standard InChI is InChI=1S/C14H17Cl2FN2O2/c15-10-14(20)19-6-4-18(5-7-19)11-1-2-12(16)13(9-11)21-8-3-17/h1-2,9H,3-8,10H2. The number of alkyl halides is 2. The van der Waals surface area contributed by atoms with Crippen LogP contribution in [-0.4, -0.2) is 56.1 Å². The number of nitrogens with zero attached hydrogens (tertiary/aromatic N) is 2. The molecule has 1 aliphatic rings. The van der Waals surface area contributed by atoms with Crippen molar-refractivity contribution in [3.05, 3.63) is 23.2 Å². The van der Waals surface area contributed by atoms with Crippen molar-refractivity contribution in [2.24, 2.45) is 0 Å². The Morgan fingerprint density at radius 2 is 2.00 bits per heavy atom. The molecule has 1 fully saturated rings. The van der Waals surface area contributed by atoms with Crippen molar-refractivity contribution in [2.75, 3.05) is 50.2 Å².